The molecule has 0 spiro atoms. The molecule has 0 aliphatic rings. The van der Waals surface area contributed by atoms with Gasteiger partial charge in [-0.05, 0) is 102 Å². The standard InChI is InChI=1S/C19H19Cl3N2O4.C18H18Br2ClNO3/c1-10(2)24-15-5-3-4-11(17(15)22)9-28-18-13(20)6-12(7-14(18)21)19(27)23-8-16(25)26;1-10(2)22-15-5-3-4-12(17(15)21)9-25-18-13(19)6-11(7-14(18)20)8-16(23)24/h3-7,10,24H,8-9H2,1-2H3,(H,23,27)(H,25,26);3-7,10,22H,8-9H2,1-2H3,(H,23,24). The van der Waals surface area contributed by atoms with E-state index in [4.69, 9.17) is 66.1 Å². The number of anilines is 2. The number of carboxylic acids is 2. The number of carboxylic acid groups (broad SMARTS) is 2. The summed E-state index contributed by atoms with van der Waals surface area (Å²) >= 11 is 32.1. The van der Waals surface area contributed by atoms with Crippen molar-refractivity contribution in [1.82, 2.24) is 5.32 Å². The summed E-state index contributed by atoms with van der Waals surface area (Å²) in [6.45, 7) is 8.02. The van der Waals surface area contributed by atoms with E-state index in [0.29, 0.717) is 36.9 Å². The van der Waals surface area contributed by atoms with Crippen LogP contribution in [0.15, 0.2) is 69.6 Å². The minimum absolute atomic E-state index is 0.0494. The fourth-order valence-electron chi connectivity index (χ4n) is 4.64. The quantitative estimate of drug-likeness (QED) is 0.0786. The van der Waals surface area contributed by atoms with Crippen molar-refractivity contribution in [1.29, 1.82) is 0 Å². The number of amides is 1. The molecule has 0 bridgehead atoms. The lowest BCUT2D eigenvalue weighted by Gasteiger charge is -2.16. The van der Waals surface area contributed by atoms with Gasteiger partial charge in [-0.1, -0.05) is 70.7 Å². The van der Waals surface area contributed by atoms with Gasteiger partial charge in [-0.15, -0.1) is 0 Å². The zero-order valence-corrected chi connectivity index (χ0v) is 35.2. The van der Waals surface area contributed by atoms with E-state index in [2.05, 4.69) is 47.8 Å². The number of hydrogen-bond acceptors (Lipinski definition) is 7. The Morgan fingerprint density at radius 3 is 1.57 bits per heavy atom. The second-order valence-electron chi connectivity index (χ2n) is 12.0. The normalized spacial score (nSPS) is 10.7. The minimum atomic E-state index is -1.16. The zero-order chi connectivity index (χ0) is 39.4. The SMILES string of the molecule is CC(C)Nc1cccc(COc2c(Br)cc(CC(=O)O)cc2Br)c1Cl.CC(C)Nc1cccc(COc2c(Cl)cc(C(=O)NCC(=O)O)cc2Cl)c1Cl. The first-order chi connectivity index (χ1) is 25.0. The Bertz CT molecular complexity index is 1900. The molecular weight excluding hydrogens is 900 g/mol. The number of halogens is 6. The van der Waals surface area contributed by atoms with Gasteiger partial charge in [-0.25, -0.2) is 0 Å². The Morgan fingerprint density at radius 1 is 0.698 bits per heavy atom. The van der Waals surface area contributed by atoms with Crippen molar-refractivity contribution < 1.29 is 34.1 Å². The number of aliphatic carboxylic acids is 2. The summed E-state index contributed by atoms with van der Waals surface area (Å²) in [6.07, 6.45) is -0.0494. The fourth-order valence-corrected chi connectivity index (χ4v) is 7.22. The van der Waals surface area contributed by atoms with Crippen LogP contribution < -0.4 is 25.4 Å². The summed E-state index contributed by atoms with van der Waals surface area (Å²) in [4.78, 5) is 33.4. The average molecular weight is 937 g/mol. The maximum Gasteiger partial charge on any atom is 0.322 e. The number of carbonyl (C=O) groups excluding carboxylic acids is 1. The first-order valence-electron chi connectivity index (χ1n) is 16.0. The Morgan fingerprint density at radius 2 is 1.15 bits per heavy atom. The summed E-state index contributed by atoms with van der Waals surface area (Å²) in [5, 5.41) is 27.7. The van der Waals surface area contributed by atoms with Gasteiger partial charge in [-0.2, -0.15) is 0 Å². The zero-order valence-electron chi connectivity index (χ0n) is 29.0. The van der Waals surface area contributed by atoms with Gasteiger partial charge in [0.1, 0.15) is 25.5 Å². The molecule has 0 saturated heterocycles. The van der Waals surface area contributed by atoms with Crippen molar-refractivity contribution in [3.63, 3.8) is 0 Å². The number of ether oxygens (including phenoxy) is 2. The van der Waals surface area contributed by atoms with Crippen LogP contribution in [0.4, 0.5) is 11.4 Å². The van der Waals surface area contributed by atoms with E-state index < -0.39 is 24.4 Å². The largest absolute Gasteiger partial charge is 0.486 e. The number of hydrogen-bond donors (Lipinski definition) is 5. The molecular formula is C37H37Br2Cl4N3O7. The predicted octanol–water partition coefficient (Wildman–Crippen LogP) is 10.8. The van der Waals surface area contributed by atoms with Crippen LogP contribution in [0, 0.1) is 0 Å². The lowest BCUT2D eigenvalue weighted by atomic mass is 10.1. The molecule has 0 heterocycles. The lowest BCUT2D eigenvalue weighted by Crippen LogP contribution is -2.29. The summed E-state index contributed by atoms with van der Waals surface area (Å²) in [5.74, 6) is -1.83. The van der Waals surface area contributed by atoms with Crippen molar-refractivity contribution in [3.8, 4) is 11.5 Å². The molecule has 53 heavy (non-hydrogen) atoms. The van der Waals surface area contributed by atoms with E-state index in [9.17, 15) is 14.4 Å². The van der Waals surface area contributed by atoms with Crippen LogP contribution in [0.25, 0.3) is 0 Å². The van der Waals surface area contributed by atoms with Crippen molar-refractivity contribution in [3.05, 3.63) is 112 Å². The number of carbonyl (C=O) groups is 3. The molecule has 10 nitrogen and oxygen atoms in total. The van der Waals surface area contributed by atoms with Gasteiger partial charge in [0.15, 0.2) is 5.75 Å². The van der Waals surface area contributed by atoms with Crippen LogP contribution in [0.2, 0.25) is 20.1 Å². The smallest absolute Gasteiger partial charge is 0.322 e. The monoisotopic (exact) mass is 933 g/mol. The predicted molar refractivity (Wildman–Crippen MR) is 219 cm³/mol. The van der Waals surface area contributed by atoms with E-state index in [0.717, 1.165) is 22.5 Å². The number of benzene rings is 4. The van der Waals surface area contributed by atoms with Gasteiger partial charge in [0.2, 0.25) is 0 Å². The number of rotatable bonds is 15. The van der Waals surface area contributed by atoms with Crippen LogP contribution >= 0.6 is 78.3 Å². The van der Waals surface area contributed by atoms with E-state index in [1.165, 1.54) is 12.1 Å². The molecule has 0 aliphatic carbocycles. The van der Waals surface area contributed by atoms with Gasteiger partial charge in [0.25, 0.3) is 5.91 Å². The molecule has 0 aliphatic heterocycles. The molecule has 4 aromatic rings. The van der Waals surface area contributed by atoms with Gasteiger partial charge >= 0.3 is 11.9 Å². The second-order valence-corrected chi connectivity index (χ2v) is 15.3. The summed E-state index contributed by atoms with van der Waals surface area (Å²) < 4.78 is 13.0. The first-order valence-corrected chi connectivity index (χ1v) is 19.1. The second kappa shape index (κ2) is 20.9. The van der Waals surface area contributed by atoms with E-state index in [-0.39, 0.29) is 46.5 Å². The van der Waals surface area contributed by atoms with Crippen LogP contribution in [0.1, 0.15) is 54.7 Å². The molecule has 16 heteroatoms. The highest BCUT2D eigenvalue weighted by Gasteiger charge is 2.17. The van der Waals surface area contributed by atoms with Crippen molar-refractivity contribution in [2.45, 2.75) is 59.4 Å². The minimum Gasteiger partial charge on any atom is -0.486 e. The summed E-state index contributed by atoms with van der Waals surface area (Å²) in [6, 6.07) is 18.0. The first kappa shape index (κ1) is 44.0. The fraction of sp³-hybridized carbons (Fsp3) is 0.270. The maximum absolute atomic E-state index is 12.0. The summed E-state index contributed by atoms with van der Waals surface area (Å²) in [5.41, 5.74) is 4.07. The van der Waals surface area contributed by atoms with E-state index >= 15 is 0 Å². The van der Waals surface area contributed by atoms with Crippen molar-refractivity contribution >= 4 is 107 Å². The Hall–Kier alpha value is -3.39. The summed E-state index contributed by atoms with van der Waals surface area (Å²) in [7, 11) is 0. The Balaban J connectivity index is 0.000000287. The third-order valence-corrected chi connectivity index (χ3v) is 9.50. The van der Waals surface area contributed by atoms with Crippen LogP contribution in [0.5, 0.6) is 11.5 Å². The molecule has 4 rings (SSSR count). The van der Waals surface area contributed by atoms with Crippen molar-refractivity contribution in [2.24, 2.45) is 0 Å². The lowest BCUT2D eigenvalue weighted by molar-refractivity contribution is -0.137. The van der Waals surface area contributed by atoms with Gasteiger partial charge in [0.05, 0.1) is 46.8 Å². The molecule has 0 fully saturated rings. The van der Waals surface area contributed by atoms with Crippen molar-refractivity contribution in [2.75, 3.05) is 17.2 Å². The molecule has 0 saturated carbocycles. The molecule has 0 aromatic heterocycles. The number of nitrogens with one attached hydrogen (secondary N) is 3. The maximum atomic E-state index is 12.0. The van der Waals surface area contributed by atoms with E-state index in [1.807, 2.05) is 64.1 Å². The third-order valence-electron chi connectivity index (χ3n) is 6.86. The van der Waals surface area contributed by atoms with Crippen LogP contribution in [-0.4, -0.2) is 46.7 Å². The topological polar surface area (TPSA) is 146 Å². The molecule has 0 radical (unpaired) electrons. The van der Waals surface area contributed by atoms with Gasteiger partial charge in [0, 0.05) is 28.8 Å². The highest BCUT2D eigenvalue weighted by Crippen LogP contribution is 2.38. The molecule has 0 atom stereocenters. The molecule has 0 unspecified atom stereocenters. The molecule has 284 valence electrons. The third kappa shape index (κ3) is 13.8. The molecule has 4 aromatic carbocycles. The Labute approximate surface area is 344 Å². The highest BCUT2D eigenvalue weighted by molar-refractivity contribution is 9.11. The average Bonchev–Trinajstić information content (AvgIpc) is 3.05. The molecule has 1 amide bonds. The molecule has 5 N–H and O–H groups in total. The van der Waals surface area contributed by atoms with E-state index in [1.54, 1.807) is 12.1 Å². The van der Waals surface area contributed by atoms with Crippen LogP contribution in [0.3, 0.4) is 0 Å². The Kier molecular flexibility index (Phi) is 17.4. The van der Waals surface area contributed by atoms with Gasteiger partial charge in [-0.3, -0.25) is 14.4 Å². The van der Waals surface area contributed by atoms with Gasteiger partial charge < -0.3 is 35.6 Å². The highest BCUT2D eigenvalue weighted by atomic mass is 79.9. The van der Waals surface area contributed by atoms with Crippen LogP contribution in [-0.2, 0) is 29.2 Å².